The van der Waals surface area contributed by atoms with Crippen LogP contribution < -0.4 is 4.72 Å². The molecule has 158 valence electrons. The van der Waals surface area contributed by atoms with Gasteiger partial charge < -0.3 is 4.90 Å². The summed E-state index contributed by atoms with van der Waals surface area (Å²) < 4.78 is 27.6. The van der Waals surface area contributed by atoms with Crippen molar-refractivity contribution in [3.63, 3.8) is 0 Å². The van der Waals surface area contributed by atoms with E-state index in [0.29, 0.717) is 22.9 Å². The number of likely N-dealkylation sites (tertiary alicyclic amines) is 1. The summed E-state index contributed by atoms with van der Waals surface area (Å²) in [7, 11) is -3.51. The quantitative estimate of drug-likeness (QED) is 0.618. The van der Waals surface area contributed by atoms with Gasteiger partial charge in [0.25, 0.3) is 5.91 Å². The smallest absolute Gasteiger partial charge is 0.256 e. The van der Waals surface area contributed by atoms with Crippen LogP contribution in [0, 0.1) is 6.92 Å². The van der Waals surface area contributed by atoms with Gasteiger partial charge in [0, 0.05) is 24.4 Å². The van der Waals surface area contributed by atoms with E-state index in [-0.39, 0.29) is 17.6 Å². The van der Waals surface area contributed by atoms with Crippen molar-refractivity contribution in [1.29, 1.82) is 0 Å². The SMILES string of the molecule is Cc1cn2nc(C3CCCCN3C(=O)c3ccccc3NS(C)(=O)=O)cc2nc1Cl. The third kappa shape index (κ3) is 4.13. The molecule has 0 bridgehead atoms. The molecule has 0 radical (unpaired) electrons. The van der Waals surface area contributed by atoms with Crippen LogP contribution in [0.3, 0.4) is 0 Å². The first-order chi connectivity index (χ1) is 14.2. The van der Waals surface area contributed by atoms with E-state index in [0.717, 1.165) is 36.8 Å². The fourth-order valence-corrected chi connectivity index (χ4v) is 4.48. The molecule has 2 aromatic heterocycles. The van der Waals surface area contributed by atoms with E-state index < -0.39 is 10.0 Å². The van der Waals surface area contributed by atoms with Crippen LogP contribution in [0.1, 0.15) is 46.9 Å². The van der Waals surface area contributed by atoms with Gasteiger partial charge >= 0.3 is 0 Å². The summed E-state index contributed by atoms with van der Waals surface area (Å²) in [5.74, 6) is -0.231. The molecule has 8 nitrogen and oxygen atoms in total. The molecule has 1 atom stereocenters. The van der Waals surface area contributed by atoms with Gasteiger partial charge in [-0.15, -0.1) is 0 Å². The zero-order valence-electron chi connectivity index (χ0n) is 16.7. The third-order valence-corrected chi connectivity index (χ3v) is 6.12. The number of hydrogen-bond donors (Lipinski definition) is 1. The molecule has 1 amide bonds. The lowest BCUT2D eigenvalue weighted by Gasteiger charge is -2.35. The van der Waals surface area contributed by atoms with Gasteiger partial charge in [-0.05, 0) is 38.3 Å². The van der Waals surface area contributed by atoms with Crippen molar-refractivity contribution in [2.24, 2.45) is 0 Å². The number of carbonyl (C=O) groups is 1. The normalized spacial score (nSPS) is 17.3. The number of anilines is 1. The number of para-hydroxylation sites is 1. The molecule has 4 rings (SSSR count). The number of carbonyl (C=O) groups excluding carboxylic acids is 1. The lowest BCUT2D eigenvalue weighted by molar-refractivity contribution is 0.0607. The summed E-state index contributed by atoms with van der Waals surface area (Å²) in [4.78, 5) is 19.6. The molecule has 1 aliphatic heterocycles. The summed E-state index contributed by atoms with van der Waals surface area (Å²) in [6.45, 7) is 2.43. The van der Waals surface area contributed by atoms with Gasteiger partial charge in [-0.1, -0.05) is 23.7 Å². The maximum atomic E-state index is 13.4. The maximum Gasteiger partial charge on any atom is 0.256 e. The Morgan fingerprint density at radius 2 is 2.03 bits per heavy atom. The summed E-state index contributed by atoms with van der Waals surface area (Å²) in [6.07, 6.45) is 5.49. The first-order valence-corrected chi connectivity index (χ1v) is 11.9. The first-order valence-electron chi connectivity index (χ1n) is 9.63. The largest absolute Gasteiger partial charge is 0.330 e. The molecule has 1 unspecified atom stereocenters. The van der Waals surface area contributed by atoms with Crippen molar-refractivity contribution < 1.29 is 13.2 Å². The molecule has 1 aliphatic rings. The fraction of sp³-hybridized carbons (Fsp3) is 0.350. The van der Waals surface area contributed by atoms with Crippen LogP contribution in [-0.2, 0) is 10.0 Å². The van der Waals surface area contributed by atoms with E-state index in [4.69, 9.17) is 11.6 Å². The lowest BCUT2D eigenvalue weighted by atomic mass is 9.98. The first kappa shape index (κ1) is 20.6. The van der Waals surface area contributed by atoms with Crippen LogP contribution in [0.2, 0.25) is 5.15 Å². The van der Waals surface area contributed by atoms with Gasteiger partial charge in [-0.3, -0.25) is 9.52 Å². The highest BCUT2D eigenvalue weighted by molar-refractivity contribution is 7.92. The number of fused-ring (bicyclic) bond motifs is 1. The van der Waals surface area contributed by atoms with Gasteiger partial charge in [-0.25, -0.2) is 17.9 Å². The number of nitrogens with zero attached hydrogens (tertiary/aromatic N) is 4. The second-order valence-corrected chi connectivity index (χ2v) is 9.62. The Kier molecular flexibility index (Phi) is 5.42. The van der Waals surface area contributed by atoms with Crippen molar-refractivity contribution in [3.8, 4) is 0 Å². The molecular formula is C20H22ClN5O3S. The van der Waals surface area contributed by atoms with E-state index in [2.05, 4.69) is 14.8 Å². The number of hydrogen-bond acceptors (Lipinski definition) is 5. The number of aryl methyl sites for hydroxylation is 1. The van der Waals surface area contributed by atoms with Crippen LogP contribution in [0.5, 0.6) is 0 Å². The number of nitrogens with one attached hydrogen (secondary N) is 1. The van der Waals surface area contributed by atoms with Gasteiger partial charge in [0.15, 0.2) is 5.65 Å². The Labute approximate surface area is 179 Å². The third-order valence-electron chi connectivity index (χ3n) is 5.15. The van der Waals surface area contributed by atoms with Crippen LogP contribution in [-0.4, -0.2) is 46.6 Å². The second-order valence-electron chi connectivity index (χ2n) is 7.52. The molecular weight excluding hydrogens is 426 g/mol. The zero-order chi connectivity index (χ0) is 21.5. The predicted octanol–water partition coefficient (Wildman–Crippen LogP) is 3.43. The molecule has 0 spiro atoms. The van der Waals surface area contributed by atoms with Crippen molar-refractivity contribution in [2.45, 2.75) is 32.2 Å². The molecule has 1 aromatic carbocycles. The summed E-state index contributed by atoms with van der Waals surface area (Å²) in [5, 5.41) is 5.06. The second kappa shape index (κ2) is 7.88. The fourth-order valence-electron chi connectivity index (χ4n) is 3.76. The highest BCUT2D eigenvalue weighted by atomic mass is 35.5. The predicted molar refractivity (Wildman–Crippen MR) is 115 cm³/mol. The number of amides is 1. The number of piperidine rings is 1. The Hall–Kier alpha value is -2.65. The minimum Gasteiger partial charge on any atom is -0.330 e. The molecule has 1 saturated heterocycles. The number of sulfonamides is 1. The minimum absolute atomic E-state index is 0.224. The van der Waals surface area contributed by atoms with E-state index in [1.54, 1.807) is 33.7 Å². The topological polar surface area (TPSA) is 96.7 Å². The van der Waals surface area contributed by atoms with Crippen molar-refractivity contribution in [1.82, 2.24) is 19.5 Å². The lowest BCUT2D eigenvalue weighted by Crippen LogP contribution is -2.39. The highest BCUT2D eigenvalue weighted by Crippen LogP contribution is 2.33. The minimum atomic E-state index is -3.51. The molecule has 0 aliphatic carbocycles. The van der Waals surface area contributed by atoms with Crippen molar-refractivity contribution in [3.05, 3.63) is 58.5 Å². The zero-order valence-corrected chi connectivity index (χ0v) is 18.2. The summed E-state index contributed by atoms with van der Waals surface area (Å²) in [6, 6.07) is 8.26. The molecule has 1 N–H and O–H groups in total. The Bertz CT molecular complexity index is 1190. The number of benzene rings is 1. The molecule has 0 saturated carbocycles. The average molecular weight is 448 g/mol. The Morgan fingerprint density at radius 3 is 2.80 bits per heavy atom. The molecule has 3 heterocycles. The average Bonchev–Trinajstić information content (AvgIpc) is 3.09. The van der Waals surface area contributed by atoms with Crippen LogP contribution in [0.25, 0.3) is 5.65 Å². The van der Waals surface area contributed by atoms with Crippen molar-refractivity contribution in [2.75, 3.05) is 17.5 Å². The molecule has 1 fully saturated rings. The van der Waals surface area contributed by atoms with E-state index in [1.807, 2.05) is 19.2 Å². The standard InChI is InChI=1S/C20H22ClN5O3S/c1-13-12-26-18(22-19(13)21)11-16(23-26)17-9-5-6-10-25(17)20(27)14-7-3-4-8-15(14)24-30(2,28)29/h3-4,7-8,11-12,17,24H,5-6,9-10H2,1-2H3. The van der Waals surface area contributed by atoms with Crippen LogP contribution in [0.4, 0.5) is 5.69 Å². The summed E-state index contributed by atoms with van der Waals surface area (Å²) >= 11 is 6.14. The van der Waals surface area contributed by atoms with Gasteiger partial charge in [0.05, 0.1) is 29.2 Å². The number of aromatic nitrogens is 3. The molecule has 3 aromatic rings. The van der Waals surface area contributed by atoms with Crippen LogP contribution in [0.15, 0.2) is 36.5 Å². The van der Waals surface area contributed by atoms with Crippen molar-refractivity contribution >= 4 is 38.9 Å². The van der Waals surface area contributed by atoms with Gasteiger partial charge in [0.1, 0.15) is 5.15 Å². The van der Waals surface area contributed by atoms with E-state index in [1.165, 1.54) is 0 Å². The highest BCUT2D eigenvalue weighted by Gasteiger charge is 2.32. The molecule has 30 heavy (non-hydrogen) atoms. The van der Waals surface area contributed by atoms with Gasteiger partial charge in [0.2, 0.25) is 10.0 Å². The van der Waals surface area contributed by atoms with Gasteiger partial charge in [-0.2, -0.15) is 5.10 Å². The number of halogens is 1. The van der Waals surface area contributed by atoms with Crippen LogP contribution >= 0.6 is 11.6 Å². The Morgan fingerprint density at radius 1 is 1.27 bits per heavy atom. The Balaban J connectivity index is 1.71. The maximum absolute atomic E-state index is 13.4. The number of rotatable bonds is 4. The monoisotopic (exact) mass is 447 g/mol. The molecule has 10 heteroatoms. The van der Waals surface area contributed by atoms with E-state index >= 15 is 0 Å². The van der Waals surface area contributed by atoms with E-state index in [9.17, 15) is 13.2 Å². The summed E-state index contributed by atoms with van der Waals surface area (Å²) in [5.41, 5.74) is 2.77.